The fourth-order valence-electron chi connectivity index (χ4n) is 3.81. The molecule has 2 atom stereocenters. The van der Waals surface area contributed by atoms with Gasteiger partial charge in [0.2, 0.25) is 0 Å². The molecule has 3 rings (SSSR count). The lowest BCUT2D eigenvalue weighted by atomic mass is 10.0. The zero-order valence-corrected chi connectivity index (χ0v) is 16.1. The molecule has 1 saturated heterocycles. The number of amides is 1. The van der Waals surface area contributed by atoms with E-state index in [1.54, 1.807) is 12.1 Å². The molecule has 0 bridgehead atoms. The molecule has 142 valence electrons. The van der Waals surface area contributed by atoms with E-state index in [2.05, 4.69) is 18.7 Å². The summed E-state index contributed by atoms with van der Waals surface area (Å²) in [6.45, 7) is 6.64. The lowest BCUT2D eigenvalue weighted by molar-refractivity contribution is 0.0268. The van der Waals surface area contributed by atoms with Crippen molar-refractivity contribution in [3.8, 4) is 0 Å². The van der Waals surface area contributed by atoms with Crippen molar-refractivity contribution < 1.29 is 14.3 Å². The summed E-state index contributed by atoms with van der Waals surface area (Å²) < 4.78 is 4.74. The van der Waals surface area contributed by atoms with Crippen LogP contribution in [0.4, 0.5) is 0 Å². The van der Waals surface area contributed by atoms with Gasteiger partial charge < -0.3 is 9.64 Å². The van der Waals surface area contributed by atoms with E-state index in [0.717, 1.165) is 30.8 Å². The Hall–Kier alpha value is -2.66. The van der Waals surface area contributed by atoms with Crippen LogP contribution in [0.1, 0.15) is 40.1 Å². The van der Waals surface area contributed by atoms with Gasteiger partial charge in [-0.1, -0.05) is 30.3 Å². The van der Waals surface area contributed by atoms with Crippen molar-refractivity contribution in [2.75, 3.05) is 20.2 Å². The van der Waals surface area contributed by atoms with Gasteiger partial charge in [-0.05, 0) is 43.7 Å². The van der Waals surface area contributed by atoms with Gasteiger partial charge in [-0.2, -0.15) is 0 Å². The number of rotatable bonds is 4. The fourth-order valence-corrected chi connectivity index (χ4v) is 3.81. The Morgan fingerprint density at radius 3 is 2.07 bits per heavy atom. The predicted octanol–water partition coefficient (Wildman–Crippen LogP) is 3.21. The molecule has 0 unspecified atom stereocenters. The molecule has 1 amide bonds. The van der Waals surface area contributed by atoms with Crippen molar-refractivity contribution in [1.82, 2.24) is 9.80 Å². The fraction of sp³-hybridized carbons (Fsp3) is 0.364. The van der Waals surface area contributed by atoms with Gasteiger partial charge in [-0.15, -0.1) is 0 Å². The highest BCUT2D eigenvalue weighted by atomic mass is 16.5. The van der Waals surface area contributed by atoms with E-state index in [1.165, 1.54) is 7.11 Å². The molecule has 1 aliphatic heterocycles. The summed E-state index contributed by atoms with van der Waals surface area (Å²) in [6, 6.07) is 17.2. The van der Waals surface area contributed by atoms with E-state index < -0.39 is 0 Å². The van der Waals surface area contributed by atoms with Crippen LogP contribution in [0.5, 0.6) is 0 Å². The molecule has 5 heteroatoms. The van der Waals surface area contributed by atoms with E-state index in [1.807, 2.05) is 47.4 Å². The van der Waals surface area contributed by atoms with E-state index in [9.17, 15) is 9.59 Å². The van der Waals surface area contributed by atoms with Gasteiger partial charge in [0.05, 0.1) is 12.7 Å². The number of carbonyl (C=O) groups excluding carboxylic acids is 2. The molecule has 0 radical (unpaired) electrons. The van der Waals surface area contributed by atoms with Crippen molar-refractivity contribution in [2.45, 2.75) is 32.5 Å². The molecule has 1 heterocycles. The minimum atomic E-state index is -0.322. The Morgan fingerprint density at radius 1 is 0.926 bits per heavy atom. The van der Waals surface area contributed by atoms with Crippen LogP contribution in [0.2, 0.25) is 0 Å². The standard InChI is InChI=1S/C22H26N2O3/c1-16-13-23(15-18-9-11-20(12-10-18)22(26)27-3)14-17(2)24(16)21(25)19-7-5-4-6-8-19/h4-12,16-17H,13-15H2,1-3H3/t16-,17+. The number of piperazine rings is 1. The number of esters is 1. The average molecular weight is 366 g/mol. The van der Waals surface area contributed by atoms with Gasteiger partial charge in [-0.25, -0.2) is 4.79 Å². The zero-order chi connectivity index (χ0) is 19.4. The maximum atomic E-state index is 12.9. The largest absolute Gasteiger partial charge is 0.465 e. The third-order valence-electron chi connectivity index (χ3n) is 5.03. The molecular weight excluding hydrogens is 340 g/mol. The van der Waals surface area contributed by atoms with Gasteiger partial charge in [0.1, 0.15) is 0 Å². The van der Waals surface area contributed by atoms with Crippen LogP contribution in [0, 0.1) is 0 Å². The molecule has 1 aliphatic rings. The molecule has 0 saturated carbocycles. The number of carbonyl (C=O) groups is 2. The molecular formula is C22H26N2O3. The average Bonchev–Trinajstić information content (AvgIpc) is 2.68. The van der Waals surface area contributed by atoms with Crippen molar-refractivity contribution in [3.63, 3.8) is 0 Å². The first-order valence-electron chi connectivity index (χ1n) is 9.27. The minimum absolute atomic E-state index is 0.0951. The Labute approximate surface area is 160 Å². The van der Waals surface area contributed by atoms with Gasteiger partial charge in [0, 0.05) is 37.3 Å². The SMILES string of the molecule is COC(=O)c1ccc(CN2C[C@@H](C)N(C(=O)c3ccccc3)[C@@H](C)C2)cc1. The van der Waals surface area contributed by atoms with Crippen LogP contribution >= 0.6 is 0 Å². The predicted molar refractivity (Wildman–Crippen MR) is 105 cm³/mol. The maximum absolute atomic E-state index is 12.9. The van der Waals surface area contributed by atoms with Crippen molar-refractivity contribution in [1.29, 1.82) is 0 Å². The normalized spacial score (nSPS) is 20.3. The number of methoxy groups -OCH3 is 1. The monoisotopic (exact) mass is 366 g/mol. The van der Waals surface area contributed by atoms with Crippen LogP contribution in [-0.4, -0.2) is 54.0 Å². The number of hydrogen-bond acceptors (Lipinski definition) is 4. The summed E-state index contributed by atoms with van der Waals surface area (Å²) in [5.41, 5.74) is 2.44. The highest BCUT2D eigenvalue weighted by Crippen LogP contribution is 2.21. The molecule has 0 aliphatic carbocycles. The minimum Gasteiger partial charge on any atom is -0.465 e. The third kappa shape index (κ3) is 4.37. The molecule has 27 heavy (non-hydrogen) atoms. The molecule has 0 spiro atoms. The van der Waals surface area contributed by atoms with Crippen LogP contribution in [-0.2, 0) is 11.3 Å². The topological polar surface area (TPSA) is 49.9 Å². The molecule has 0 aromatic heterocycles. The van der Waals surface area contributed by atoms with Gasteiger partial charge in [-0.3, -0.25) is 9.69 Å². The third-order valence-corrected chi connectivity index (χ3v) is 5.03. The molecule has 0 N–H and O–H groups in total. The quantitative estimate of drug-likeness (QED) is 0.780. The molecule has 1 fully saturated rings. The molecule has 2 aromatic carbocycles. The molecule has 2 aromatic rings. The Morgan fingerprint density at radius 2 is 1.52 bits per heavy atom. The Balaban J connectivity index is 1.65. The molecule has 5 nitrogen and oxygen atoms in total. The summed E-state index contributed by atoms with van der Waals surface area (Å²) >= 11 is 0. The van der Waals surface area contributed by atoms with Crippen LogP contribution < -0.4 is 0 Å². The highest BCUT2D eigenvalue weighted by molar-refractivity contribution is 5.94. The summed E-state index contributed by atoms with van der Waals surface area (Å²) in [4.78, 5) is 28.8. The second-order valence-electron chi connectivity index (χ2n) is 7.16. The van der Waals surface area contributed by atoms with Crippen molar-refractivity contribution in [2.24, 2.45) is 0 Å². The first kappa shape index (κ1) is 19.1. The van der Waals surface area contributed by atoms with Crippen molar-refractivity contribution in [3.05, 3.63) is 71.3 Å². The number of hydrogen-bond donors (Lipinski definition) is 0. The second-order valence-corrected chi connectivity index (χ2v) is 7.16. The second kappa shape index (κ2) is 8.35. The number of ether oxygens (including phenoxy) is 1. The summed E-state index contributed by atoms with van der Waals surface area (Å²) in [5.74, 6) is -0.227. The van der Waals surface area contributed by atoms with E-state index >= 15 is 0 Å². The zero-order valence-electron chi connectivity index (χ0n) is 16.1. The van der Waals surface area contributed by atoms with Gasteiger partial charge in [0.15, 0.2) is 0 Å². The first-order valence-corrected chi connectivity index (χ1v) is 9.27. The summed E-state index contributed by atoms with van der Waals surface area (Å²) in [6.07, 6.45) is 0. The van der Waals surface area contributed by atoms with E-state index in [4.69, 9.17) is 4.74 Å². The number of nitrogens with zero attached hydrogens (tertiary/aromatic N) is 2. The van der Waals surface area contributed by atoms with Gasteiger partial charge >= 0.3 is 5.97 Å². The first-order chi connectivity index (χ1) is 13.0. The Bertz CT molecular complexity index is 777. The summed E-state index contributed by atoms with van der Waals surface area (Å²) in [5, 5.41) is 0. The van der Waals surface area contributed by atoms with Crippen LogP contribution in [0.3, 0.4) is 0 Å². The maximum Gasteiger partial charge on any atom is 0.337 e. The van der Waals surface area contributed by atoms with Crippen LogP contribution in [0.25, 0.3) is 0 Å². The summed E-state index contributed by atoms with van der Waals surface area (Å²) in [7, 11) is 1.38. The number of benzene rings is 2. The highest BCUT2D eigenvalue weighted by Gasteiger charge is 2.33. The van der Waals surface area contributed by atoms with Crippen LogP contribution in [0.15, 0.2) is 54.6 Å². The smallest absolute Gasteiger partial charge is 0.337 e. The van der Waals surface area contributed by atoms with Crippen molar-refractivity contribution >= 4 is 11.9 Å². The lowest BCUT2D eigenvalue weighted by Crippen LogP contribution is -2.58. The lowest BCUT2D eigenvalue weighted by Gasteiger charge is -2.44. The Kier molecular flexibility index (Phi) is 5.91. The van der Waals surface area contributed by atoms with E-state index in [-0.39, 0.29) is 24.0 Å². The van der Waals surface area contributed by atoms with E-state index in [0.29, 0.717) is 5.56 Å². The van der Waals surface area contributed by atoms with Gasteiger partial charge in [0.25, 0.3) is 5.91 Å².